The van der Waals surface area contributed by atoms with Crippen molar-refractivity contribution in [3.8, 4) is 0 Å². The van der Waals surface area contributed by atoms with Gasteiger partial charge in [0.15, 0.2) is 0 Å². The summed E-state index contributed by atoms with van der Waals surface area (Å²) in [5, 5.41) is 5.07. The fraction of sp³-hybridized carbons (Fsp3) is 0.438. The van der Waals surface area contributed by atoms with Gasteiger partial charge in [0.25, 0.3) is 0 Å². The summed E-state index contributed by atoms with van der Waals surface area (Å²) in [6.45, 7) is 4.84. The van der Waals surface area contributed by atoms with Crippen LogP contribution in [0.15, 0.2) is 40.3 Å². The van der Waals surface area contributed by atoms with E-state index in [4.69, 9.17) is 4.42 Å². The first-order chi connectivity index (χ1) is 10.8. The summed E-state index contributed by atoms with van der Waals surface area (Å²) in [7, 11) is 0. The van der Waals surface area contributed by atoms with Crippen LogP contribution in [0.3, 0.4) is 0 Å². The molecule has 0 radical (unpaired) electrons. The molecule has 5 nitrogen and oxygen atoms in total. The number of hydrogen-bond donors (Lipinski definition) is 1. The second-order valence-electron chi connectivity index (χ2n) is 5.40. The van der Waals surface area contributed by atoms with Crippen molar-refractivity contribution >= 4 is 17.4 Å². The largest absolute Gasteiger partial charge is 0.468 e. The number of hydrogen-bond acceptors (Lipinski definition) is 4. The molecule has 0 saturated carbocycles. The third-order valence-corrected chi connectivity index (χ3v) is 4.78. The monoisotopic (exact) mass is 319 g/mol. The maximum Gasteiger partial charge on any atom is 0.317 e. The highest BCUT2D eigenvalue weighted by Crippen LogP contribution is 2.10. The smallest absolute Gasteiger partial charge is 0.317 e. The molecule has 22 heavy (non-hydrogen) atoms. The van der Waals surface area contributed by atoms with Gasteiger partial charge in [0.05, 0.1) is 12.8 Å². The van der Waals surface area contributed by atoms with Gasteiger partial charge in [0.2, 0.25) is 0 Å². The Kier molecular flexibility index (Phi) is 5.13. The lowest BCUT2D eigenvalue weighted by Gasteiger charge is -2.34. The molecule has 0 unspecified atom stereocenters. The molecule has 1 saturated heterocycles. The molecule has 2 aromatic rings. The Labute approximate surface area is 134 Å². The molecule has 1 aliphatic rings. The quantitative estimate of drug-likeness (QED) is 0.921. The predicted octanol–water partition coefficient (Wildman–Crippen LogP) is 2.41. The van der Waals surface area contributed by atoms with Crippen LogP contribution in [0.5, 0.6) is 0 Å². The van der Waals surface area contributed by atoms with E-state index in [9.17, 15) is 4.79 Å². The van der Waals surface area contributed by atoms with Gasteiger partial charge < -0.3 is 14.6 Å². The standard InChI is InChI=1S/C16H21N3O2S/c20-16(17-6-5-15-4-2-12-22-15)19-9-7-18(8-10-19)13-14-3-1-11-21-14/h1-4,11-12H,5-10,13H2,(H,17,20). The summed E-state index contributed by atoms with van der Waals surface area (Å²) in [6, 6.07) is 8.09. The summed E-state index contributed by atoms with van der Waals surface area (Å²) in [5.41, 5.74) is 0. The molecule has 0 spiro atoms. The number of urea groups is 1. The predicted molar refractivity (Wildman–Crippen MR) is 87.0 cm³/mol. The average Bonchev–Trinajstić information content (AvgIpc) is 3.21. The van der Waals surface area contributed by atoms with Gasteiger partial charge in [-0.1, -0.05) is 6.07 Å². The number of piperazine rings is 1. The van der Waals surface area contributed by atoms with E-state index < -0.39 is 0 Å². The molecule has 1 fully saturated rings. The van der Waals surface area contributed by atoms with Crippen LogP contribution in [-0.4, -0.2) is 48.6 Å². The van der Waals surface area contributed by atoms with Crippen LogP contribution in [0, 0.1) is 0 Å². The van der Waals surface area contributed by atoms with Crippen LogP contribution in [0.1, 0.15) is 10.6 Å². The lowest BCUT2D eigenvalue weighted by atomic mass is 10.3. The summed E-state index contributed by atoms with van der Waals surface area (Å²) >= 11 is 1.73. The van der Waals surface area contributed by atoms with E-state index in [1.807, 2.05) is 23.1 Å². The Bertz CT molecular complexity index is 560. The molecule has 0 atom stereocenters. The van der Waals surface area contributed by atoms with E-state index in [0.29, 0.717) is 6.54 Å². The third kappa shape index (κ3) is 4.11. The van der Waals surface area contributed by atoms with E-state index in [0.717, 1.165) is 44.9 Å². The fourth-order valence-electron chi connectivity index (χ4n) is 2.59. The van der Waals surface area contributed by atoms with Gasteiger partial charge in [-0.3, -0.25) is 4.90 Å². The van der Waals surface area contributed by atoms with Crippen molar-refractivity contribution in [1.82, 2.24) is 15.1 Å². The Morgan fingerprint density at radius 3 is 2.77 bits per heavy atom. The first-order valence-corrected chi connectivity index (χ1v) is 8.49. The van der Waals surface area contributed by atoms with Crippen LogP contribution >= 0.6 is 11.3 Å². The van der Waals surface area contributed by atoms with Crippen molar-refractivity contribution in [2.45, 2.75) is 13.0 Å². The van der Waals surface area contributed by atoms with Crippen LogP contribution in [0.4, 0.5) is 4.79 Å². The normalized spacial score (nSPS) is 15.9. The number of nitrogens with one attached hydrogen (secondary N) is 1. The molecule has 0 aromatic carbocycles. The topological polar surface area (TPSA) is 48.7 Å². The number of nitrogens with zero attached hydrogens (tertiary/aromatic N) is 2. The molecule has 118 valence electrons. The highest BCUT2D eigenvalue weighted by Gasteiger charge is 2.21. The van der Waals surface area contributed by atoms with Gasteiger partial charge >= 0.3 is 6.03 Å². The van der Waals surface area contributed by atoms with Gasteiger partial charge in [0, 0.05) is 37.6 Å². The molecule has 2 aromatic heterocycles. The first kappa shape index (κ1) is 15.1. The minimum Gasteiger partial charge on any atom is -0.468 e. The maximum absolute atomic E-state index is 12.1. The number of furan rings is 1. The minimum absolute atomic E-state index is 0.0502. The minimum atomic E-state index is 0.0502. The van der Waals surface area contributed by atoms with Gasteiger partial charge in [-0.05, 0) is 30.0 Å². The van der Waals surface area contributed by atoms with Gasteiger partial charge in [-0.2, -0.15) is 0 Å². The molecule has 3 heterocycles. The highest BCUT2D eigenvalue weighted by molar-refractivity contribution is 7.09. The fourth-order valence-corrected chi connectivity index (χ4v) is 3.30. The number of amides is 2. The first-order valence-electron chi connectivity index (χ1n) is 7.61. The zero-order chi connectivity index (χ0) is 15.2. The number of carbonyl (C=O) groups is 1. The van der Waals surface area contributed by atoms with Crippen LogP contribution < -0.4 is 5.32 Å². The molecule has 1 aliphatic heterocycles. The molecule has 2 amide bonds. The van der Waals surface area contributed by atoms with Gasteiger partial charge in [0.1, 0.15) is 5.76 Å². The molecule has 6 heteroatoms. The molecule has 1 N–H and O–H groups in total. The van der Waals surface area contributed by atoms with E-state index >= 15 is 0 Å². The Morgan fingerprint density at radius 1 is 1.23 bits per heavy atom. The second kappa shape index (κ2) is 7.47. The SMILES string of the molecule is O=C(NCCc1cccs1)N1CCN(Cc2ccco2)CC1. The Hall–Kier alpha value is -1.79. The van der Waals surface area contributed by atoms with Gasteiger partial charge in [-0.15, -0.1) is 11.3 Å². The van der Waals surface area contributed by atoms with Gasteiger partial charge in [-0.25, -0.2) is 4.79 Å². The molecular weight excluding hydrogens is 298 g/mol. The zero-order valence-electron chi connectivity index (χ0n) is 12.5. The number of rotatable bonds is 5. The summed E-state index contributed by atoms with van der Waals surface area (Å²) in [4.78, 5) is 17.6. The van der Waals surface area contributed by atoms with Crippen molar-refractivity contribution in [1.29, 1.82) is 0 Å². The zero-order valence-corrected chi connectivity index (χ0v) is 13.3. The van der Waals surface area contributed by atoms with E-state index in [-0.39, 0.29) is 6.03 Å². The van der Waals surface area contributed by atoms with E-state index in [2.05, 4.69) is 21.7 Å². The number of carbonyl (C=O) groups excluding carboxylic acids is 1. The van der Waals surface area contributed by atoms with Crippen LogP contribution in [-0.2, 0) is 13.0 Å². The van der Waals surface area contributed by atoms with Crippen LogP contribution in [0.25, 0.3) is 0 Å². The Balaban J connectivity index is 1.36. The summed E-state index contributed by atoms with van der Waals surface area (Å²) in [6.07, 6.45) is 2.61. The van der Waals surface area contributed by atoms with Crippen molar-refractivity contribution in [3.63, 3.8) is 0 Å². The van der Waals surface area contributed by atoms with Crippen molar-refractivity contribution in [2.75, 3.05) is 32.7 Å². The van der Waals surface area contributed by atoms with Crippen molar-refractivity contribution < 1.29 is 9.21 Å². The number of thiophene rings is 1. The van der Waals surface area contributed by atoms with Crippen molar-refractivity contribution in [3.05, 3.63) is 46.5 Å². The Morgan fingerprint density at radius 2 is 2.09 bits per heavy atom. The lowest BCUT2D eigenvalue weighted by Crippen LogP contribution is -2.51. The second-order valence-corrected chi connectivity index (χ2v) is 6.44. The summed E-state index contributed by atoms with van der Waals surface area (Å²) in [5.74, 6) is 0.980. The van der Waals surface area contributed by atoms with Crippen molar-refractivity contribution in [2.24, 2.45) is 0 Å². The maximum atomic E-state index is 12.1. The molecule has 0 aliphatic carbocycles. The average molecular weight is 319 g/mol. The molecule has 0 bridgehead atoms. The molecular formula is C16H21N3O2S. The van der Waals surface area contributed by atoms with E-state index in [1.54, 1.807) is 17.6 Å². The lowest BCUT2D eigenvalue weighted by molar-refractivity contribution is 0.130. The van der Waals surface area contributed by atoms with Crippen LogP contribution in [0.2, 0.25) is 0 Å². The molecule has 3 rings (SSSR count). The third-order valence-electron chi connectivity index (χ3n) is 3.85. The highest BCUT2D eigenvalue weighted by atomic mass is 32.1. The van der Waals surface area contributed by atoms with E-state index in [1.165, 1.54) is 4.88 Å². The summed E-state index contributed by atoms with van der Waals surface area (Å²) < 4.78 is 5.37.